The van der Waals surface area contributed by atoms with Crippen molar-refractivity contribution in [3.05, 3.63) is 35.9 Å². The van der Waals surface area contributed by atoms with E-state index < -0.39 is 0 Å². The lowest BCUT2D eigenvalue weighted by Gasteiger charge is -1.92. The van der Waals surface area contributed by atoms with Gasteiger partial charge in [-0.05, 0) is 12.5 Å². The van der Waals surface area contributed by atoms with Gasteiger partial charge in [-0.1, -0.05) is 46.3 Å². The van der Waals surface area contributed by atoms with Crippen LogP contribution in [0, 0.1) is 0 Å². The van der Waals surface area contributed by atoms with E-state index in [1.165, 1.54) is 11.9 Å². The van der Waals surface area contributed by atoms with Gasteiger partial charge in [0, 0.05) is 11.7 Å². The fourth-order valence-corrected chi connectivity index (χ4v) is 1.22. The standard InChI is InChI=1S/C7H7Br.C4H7ClO2.CH3Cl/c8-6-7-4-2-1-3-5-7;1-2-7-4(6)3-5;1-2/h1-5H,6H2;2-3H2,1H3;1H3. The van der Waals surface area contributed by atoms with Gasteiger partial charge in [-0.15, -0.1) is 23.2 Å². The molecule has 0 aliphatic rings. The summed E-state index contributed by atoms with van der Waals surface area (Å²) < 4.78 is 4.42. The Kier molecular flexibility index (Phi) is 17.7. The molecule has 0 radical (unpaired) electrons. The van der Waals surface area contributed by atoms with E-state index in [4.69, 9.17) is 11.6 Å². The largest absolute Gasteiger partial charge is 0.465 e. The van der Waals surface area contributed by atoms with Crippen LogP contribution >= 0.6 is 39.1 Å². The first-order chi connectivity index (χ1) is 8.24. The predicted octanol–water partition coefficient (Wildman–Crippen LogP) is 4.22. The van der Waals surface area contributed by atoms with Crippen LogP contribution in [0.2, 0.25) is 0 Å². The summed E-state index contributed by atoms with van der Waals surface area (Å²) in [6, 6.07) is 10.3. The van der Waals surface area contributed by atoms with Gasteiger partial charge in [-0.25, -0.2) is 0 Å². The van der Waals surface area contributed by atoms with E-state index in [-0.39, 0.29) is 11.8 Å². The summed E-state index contributed by atoms with van der Waals surface area (Å²) in [5.74, 6) is -0.405. The van der Waals surface area contributed by atoms with Crippen LogP contribution in [-0.4, -0.2) is 24.8 Å². The Morgan fingerprint density at radius 3 is 2.06 bits per heavy atom. The van der Waals surface area contributed by atoms with E-state index >= 15 is 0 Å². The highest BCUT2D eigenvalue weighted by Gasteiger charge is 1.93. The van der Waals surface area contributed by atoms with Crippen LogP contribution in [0.5, 0.6) is 0 Å². The molecule has 17 heavy (non-hydrogen) atoms. The summed E-state index contributed by atoms with van der Waals surface area (Å²) in [7, 11) is 0. The molecule has 1 aromatic rings. The molecular formula is C12H17BrCl2O2. The van der Waals surface area contributed by atoms with Crippen LogP contribution in [0.1, 0.15) is 12.5 Å². The van der Waals surface area contributed by atoms with E-state index in [1.54, 1.807) is 6.92 Å². The summed E-state index contributed by atoms with van der Waals surface area (Å²) in [6.07, 6.45) is 1.47. The average molecular weight is 344 g/mol. The highest BCUT2D eigenvalue weighted by atomic mass is 79.9. The van der Waals surface area contributed by atoms with Crippen molar-refractivity contribution >= 4 is 45.1 Å². The van der Waals surface area contributed by atoms with Gasteiger partial charge >= 0.3 is 5.97 Å². The first-order valence-electron chi connectivity index (χ1n) is 4.93. The number of carbonyl (C=O) groups is 1. The number of hydrogen-bond donors (Lipinski definition) is 0. The van der Waals surface area contributed by atoms with Gasteiger partial charge in [0.05, 0.1) is 6.61 Å². The molecule has 0 saturated heterocycles. The highest BCUT2D eigenvalue weighted by Crippen LogP contribution is 2.02. The van der Waals surface area contributed by atoms with Gasteiger partial charge in [0.25, 0.3) is 0 Å². The molecule has 0 aliphatic carbocycles. The third-order valence-corrected chi connectivity index (χ3v) is 2.28. The van der Waals surface area contributed by atoms with Crippen LogP contribution in [0.3, 0.4) is 0 Å². The molecule has 1 aromatic carbocycles. The Balaban J connectivity index is 0. The Labute approximate surface area is 121 Å². The van der Waals surface area contributed by atoms with Crippen molar-refractivity contribution in [2.75, 3.05) is 18.9 Å². The third-order valence-electron chi connectivity index (χ3n) is 1.41. The zero-order valence-corrected chi connectivity index (χ0v) is 13.1. The minimum Gasteiger partial charge on any atom is -0.465 e. The normalized spacial score (nSPS) is 8.06. The van der Waals surface area contributed by atoms with E-state index in [2.05, 4.69) is 44.4 Å². The fraction of sp³-hybridized carbons (Fsp3) is 0.417. The first kappa shape index (κ1) is 19.1. The number of benzene rings is 1. The molecule has 0 heterocycles. The number of alkyl halides is 3. The van der Waals surface area contributed by atoms with Gasteiger partial charge in [-0.2, -0.15) is 0 Å². The van der Waals surface area contributed by atoms with Gasteiger partial charge in [0.2, 0.25) is 0 Å². The second-order valence-electron chi connectivity index (χ2n) is 2.56. The molecule has 0 spiro atoms. The second-order valence-corrected chi connectivity index (χ2v) is 3.39. The number of esters is 1. The number of rotatable bonds is 3. The molecule has 2 nitrogen and oxygen atoms in total. The van der Waals surface area contributed by atoms with Gasteiger partial charge < -0.3 is 4.74 Å². The maximum atomic E-state index is 10.1. The highest BCUT2D eigenvalue weighted by molar-refractivity contribution is 9.08. The Morgan fingerprint density at radius 2 is 1.82 bits per heavy atom. The topological polar surface area (TPSA) is 26.3 Å². The van der Waals surface area contributed by atoms with Crippen LogP contribution in [0.25, 0.3) is 0 Å². The van der Waals surface area contributed by atoms with Crippen molar-refractivity contribution in [2.24, 2.45) is 0 Å². The summed E-state index contributed by atoms with van der Waals surface area (Å²) in [5.41, 5.74) is 1.33. The minimum absolute atomic E-state index is 0.0478. The lowest BCUT2D eigenvalue weighted by Crippen LogP contribution is -2.03. The average Bonchev–Trinajstić information content (AvgIpc) is 2.43. The first-order valence-corrected chi connectivity index (χ1v) is 7.35. The molecule has 5 heteroatoms. The lowest BCUT2D eigenvalue weighted by atomic mass is 10.2. The molecule has 98 valence electrons. The number of hydrogen-bond acceptors (Lipinski definition) is 2. The maximum absolute atomic E-state index is 10.1. The van der Waals surface area contributed by atoms with E-state index in [1.807, 2.05) is 18.2 Å². The van der Waals surface area contributed by atoms with Gasteiger partial charge in [0.1, 0.15) is 5.88 Å². The molecule has 1 rings (SSSR count). The van der Waals surface area contributed by atoms with Crippen LogP contribution in [0.15, 0.2) is 30.3 Å². The summed E-state index contributed by atoms with van der Waals surface area (Å²) >= 11 is 13.1. The summed E-state index contributed by atoms with van der Waals surface area (Å²) in [5, 5.41) is 0.952. The smallest absolute Gasteiger partial charge is 0.320 e. The molecule has 0 atom stereocenters. The minimum atomic E-state index is -0.357. The molecule has 0 bridgehead atoms. The number of carbonyl (C=O) groups excluding carboxylic acids is 1. The summed E-state index contributed by atoms with van der Waals surface area (Å²) in [4.78, 5) is 10.1. The lowest BCUT2D eigenvalue weighted by molar-refractivity contribution is -0.140. The van der Waals surface area contributed by atoms with Gasteiger partial charge in [-0.3, -0.25) is 4.79 Å². The molecule has 0 N–H and O–H groups in total. The number of halogens is 3. The Morgan fingerprint density at radius 1 is 1.29 bits per heavy atom. The van der Waals surface area contributed by atoms with E-state index in [0.717, 1.165) is 5.33 Å². The number of ether oxygens (including phenoxy) is 1. The Bertz CT molecular complexity index is 268. The van der Waals surface area contributed by atoms with Crippen molar-refractivity contribution in [3.63, 3.8) is 0 Å². The van der Waals surface area contributed by atoms with Crippen molar-refractivity contribution in [1.82, 2.24) is 0 Å². The molecule has 0 amide bonds. The predicted molar refractivity (Wildman–Crippen MR) is 78.2 cm³/mol. The molecule has 0 saturated carbocycles. The van der Waals surface area contributed by atoms with Crippen molar-refractivity contribution in [1.29, 1.82) is 0 Å². The maximum Gasteiger partial charge on any atom is 0.320 e. The van der Waals surface area contributed by atoms with Crippen LogP contribution in [-0.2, 0) is 14.9 Å². The second kappa shape index (κ2) is 15.8. The van der Waals surface area contributed by atoms with E-state index in [9.17, 15) is 4.79 Å². The molecule has 0 aromatic heterocycles. The molecule has 0 unspecified atom stereocenters. The van der Waals surface area contributed by atoms with Crippen LogP contribution in [0.4, 0.5) is 0 Å². The SMILES string of the molecule is BrCc1ccccc1.CCOC(=O)CCl.CCl. The molecular weight excluding hydrogens is 327 g/mol. The quantitative estimate of drug-likeness (QED) is 0.606. The van der Waals surface area contributed by atoms with Crippen molar-refractivity contribution in [2.45, 2.75) is 12.3 Å². The zero-order chi connectivity index (χ0) is 13.5. The molecule has 0 fully saturated rings. The monoisotopic (exact) mass is 342 g/mol. The summed E-state index contributed by atoms with van der Waals surface area (Å²) in [6.45, 7) is 2.15. The zero-order valence-electron chi connectivity index (χ0n) is 9.96. The fourth-order valence-electron chi connectivity index (χ4n) is 0.767. The molecule has 0 aliphatic heterocycles. The van der Waals surface area contributed by atoms with Crippen LogP contribution < -0.4 is 0 Å². The van der Waals surface area contributed by atoms with Crippen molar-refractivity contribution in [3.8, 4) is 0 Å². The van der Waals surface area contributed by atoms with Gasteiger partial charge in [0.15, 0.2) is 0 Å². The third kappa shape index (κ3) is 13.7. The Hall–Kier alpha value is -0.250. The van der Waals surface area contributed by atoms with E-state index in [0.29, 0.717) is 6.61 Å². The van der Waals surface area contributed by atoms with Crippen molar-refractivity contribution < 1.29 is 9.53 Å².